The van der Waals surface area contributed by atoms with Gasteiger partial charge < -0.3 is 5.11 Å². The summed E-state index contributed by atoms with van der Waals surface area (Å²) in [5.41, 5.74) is -0.516. The van der Waals surface area contributed by atoms with Crippen LogP contribution in [-0.2, 0) is 6.54 Å². The third kappa shape index (κ3) is 2.73. The van der Waals surface area contributed by atoms with Gasteiger partial charge >= 0.3 is 5.97 Å². The summed E-state index contributed by atoms with van der Waals surface area (Å²) in [5, 5.41) is 11.1. The highest BCUT2D eigenvalue weighted by molar-refractivity contribution is 7.13. The Labute approximate surface area is 114 Å². The van der Waals surface area contributed by atoms with Gasteiger partial charge in [0.15, 0.2) is 5.56 Å². The molecule has 0 fully saturated rings. The number of rotatable bonds is 4. The Bertz CT molecular complexity index is 644. The zero-order valence-electron chi connectivity index (χ0n) is 10.7. The van der Waals surface area contributed by atoms with Crippen LogP contribution in [0.2, 0.25) is 0 Å². The van der Waals surface area contributed by atoms with Crippen LogP contribution in [0, 0.1) is 5.92 Å². The molecule has 0 aliphatic carbocycles. The van der Waals surface area contributed by atoms with E-state index >= 15 is 0 Å². The van der Waals surface area contributed by atoms with Gasteiger partial charge in [0.2, 0.25) is 0 Å². The highest BCUT2D eigenvalue weighted by atomic mass is 32.1. The minimum atomic E-state index is -1.24. The van der Waals surface area contributed by atoms with Gasteiger partial charge in [0.1, 0.15) is 5.69 Å². The van der Waals surface area contributed by atoms with Crippen molar-refractivity contribution in [2.24, 2.45) is 5.92 Å². The monoisotopic (exact) mass is 278 g/mol. The summed E-state index contributed by atoms with van der Waals surface area (Å²) in [7, 11) is 0. The van der Waals surface area contributed by atoms with Gasteiger partial charge in [-0.15, -0.1) is 11.3 Å². The summed E-state index contributed by atoms with van der Waals surface area (Å²) >= 11 is 1.36. The quantitative estimate of drug-likeness (QED) is 0.931. The van der Waals surface area contributed by atoms with Crippen LogP contribution < -0.4 is 5.56 Å². The van der Waals surface area contributed by atoms with Crippen molar-refractivity contribution in [2.75, 3.05) is 0 Å². The lowest BCUT2D eigenvalue weighted by molar-refractivity contribution is 0.0694. The smallest absolute Gasteiger partial charge is 0.343 e. The molecule has 19 heavy (non-hydrogen) atoms. The second-order valence-electron chi connectivity index (χ2n) is 4.60. The average molecular weight is 278 g/mol. The number of nitrogens with zero attached hydrogens (tertiary/aromatic N) is 2. The Hall–Kier alpha value is -1.95. The molecule has 2 aromatic rings. The minimum Gasteiger partial charge on any atom is -0.477 e. The molecule has 2 aromatic heterocycles. The molecule has 6 heteroatoms. The molecule has 0 saturated heterocycles. The summed E-state index contributed by atoms with van der Waals surface area (Å²) < 4.78 is 1.35. The van der Waals surface area contributed by atoms with Gasteiger partial charge in [0.05, 0.1) is 11.2 Å². The van der Waals surface area contributed by atoms with Gasteiger partial charge in [-0.25, -0.2) is 9.78 Å². The lowest BCUT2D eigenvalue weighted by Crippen LogP contribution is -2.29. The lowest BCUT2D eigenvalue weighted by Gasteiger charge is -2.10. The first-order valence-corrected chi connectivity index (χ1v) is 6.75. The standard InChI is InChI=1S/C13H14N2O3S/c1-8(2)6-15-7-14-11(9-4-3-5-19-9)10(12(15)16)13(17)18/h3-5,7-8H,6H2,1-2H3,(H,17,18). The molecule has 0 amide bonds. The van der Waals surface area contributed by atoms with E-state index in [9.17, 15) is 14.7 Å². The Morgan fingerprint density at radius 3 is 2.79 bits per heavy atom. The molecule has 2 heterocycles. The maximum Gasteiger partial charge on any atom is 0.343 e. The van der Waals surface area contributed by atoms with Crippen molar-refractivity contribution in [3.63, 3.8) is 0 Å². The minimum absolute atomic E-state index is 0.243. The van der Waals surface area contributed by atoms with E-state index < -0.39 is 11.5 Å². The number of carbonyl (C=O) groups is 1. The third-order valence-corrected chi connectivity index (χ3v) is 3.44. The van der Waals surface area contributed by atoms with Crippen LogP contribution in [0.1, 0.15) is 24.2 Å². The number of carboxylic acids is 1. The van der Waals surface area contributed by atoms with Crippen molar-refractivity contribution in [1.29, 1.82) is 0 Å². The van der Waals surface area contributed by atoms with Crippen LogP contribution in [0.3, 0.4) is 0 Å². The molecule has 0 bridgehead atoms. The summed E-state index contributed by atoms with van der Waals surface area (Å²) in [6.07, 6.45) is 1.42. The predicted molar refractivity (Wildman–Crippen MR) is 73.6 cm³/mol. The van der Waals surface area contributed by atoms with Crippen LogP contribution in [0.15, 0.2) is 28.6 Å². The third-order valence-electron chi connectivity index (χ3n) is 2.57. The molecule has 0 aliphatic heterocycles. The predicted octanol–water partition coefficient (Wildman–Crippen LogP) is 2.33. The van der Waals surface area contributed by atoms with Crippen LogP contribution in [0.25, 0.3) is 10.6 Å². The van der Waals surface area contributed by atoms with Crippen LogP contribution in [0.5, 0.6) is 0 Å². The molecule has 1 N–H and O–H groups in total. The largest absolute Gasteiger partial charge is 0.477 e. The molecule has 0 radical (unpaired) electrons. The Morgan fingerprint density at radius 1 is 1.53 bits per heavy atom. The summed E-state index contributed by atoms with van der Waals surface area (Å²) in [4.78, 5) is 28.4. The van der Waals surface area contributed by atoms with Crippen molar-refractivity contribution in [2.45, 2.75) is 20.4 Å². The molecule has 5 nitrogen and oxygen atoms in total. The summed E-state index contributed by atoms with van der Waals surface area (Å²) in [6, 6.07) is 3.55. The van der Waals surface area contributed by atoms with E-state index in [1.54, 1.807) is 12.1 Å². The number of aromatic nitrogens is 2. The molecule has 2 rings (SSSR count). The molecule has 0 spiro atoms. The second kappa shape index (κ2) is 5.36. The van der Waals surface area contributed by atoms with Crippen LogP contribution in [-0.4, -0.2) is 20.6 Å². The van der Waals surface area contributed by atoms with Crippen molar-refractivity contribution >= 4 is 17.3 Å². The molecule has 0 aliphatic rings. The first-order valence-electron chi connectivity index (χ1n) is 5.87. The molecule has 0 atom stereocenters. The molecule has 0 unspecified atom stereocenters. The van der Waals surface area contributed by atoms with Gasteiger partial charge in [0, 0.05) is 6.54 Å². The zero-order chi connectivity index (χ0) is 14.0. The Balaban J connectivity index is 2.62. The second-order valence-corrected chi connectivity index (χ2v) is 5.55. The van der Waals surface area contributed by atoms with Crippen LogP contribution in [0.4, 0.5) is 0 Å². The van der Waals surface area contributed by atoms with Gasteiger partial charge in [0.25, 0.3) is 5.56 Å². The highest BCUT2D eigenvalue weighted by Crippen LogP contribution is 2.24. The fraction of sp³-hybridized carbons (Fsp3) is 0.308. The van der Waals surface area contributed by atoms with E-state index in [0.717, 1.165) is 0 Å². The normalized spacial score (nSPS) is 10.9. The first kappa shape index (κ1) is 13.5. The molecule has 0 saturated carbocycles. The van der Waals surface area contributed by atoms with Gasteiger partial charge in [-0.3, -0.25) is 9.36 Å². The van der Waals surface area contributed by atoms with E-state index in [1.165, 1.54) is 22.2 Å². The number of aromatic carboxylic acids is 1. The molecular formula is C13H14N2O3S. The molecular weight excluding hydrogens is 264 g/mol. The van der Waals surface area contributed by atoms with Gasteiger partial charge in [-0.1, -0.05) is 19.9 Å². The lowest BCUT2D eigenvalue weighted by atomic mass is 10.2. The van der Waals surface area contributed by atoms with Crippen LogP contribution >= 0.6 is 11.3 Å². The highest BCUT2D eigenvalue weighted by Gasteiger charge is 2.20. The van der Waals surface area contributed by atoms with E-state index in [0.29, 0.717) is 11.4 Å². The SMILES string of the molecule is CC(C)Cn1cnc(-c2cccs2)c(C(=O)O)c1=O. The van der Waals surface area contributed by atoms with E-state index in [1.807, 2.05) is 19.2 Å². The number of hydrogen-bond donors (Lipinski definition) is 1. The Morgan fingerprint density at radius 2 is 2.26 bits per heavy atom. The fourth-order valence-corrected chi connectivity index (χ4v) is 2.53. The Kier molecular flexibility index (Phi) is 3.80. The summed E-state index contributed by atoms with van der Waals surface area (Å²) in [6.45, 7) is 4.37. The number of carboxylic acid groups (broad SMARTS) is 1. The molecule has 0 aromatic carbocycles. The number of hydrogen-bond acceptors (Lipinski definition) is 4. The maximum atomic E-state index is 12.2. The fourth-order valence-electron chi connectivity index (χ4n) is 1.81. The van der Waals surface area contributed by atoms with Crippen molar-refractivity contribution in [1.82, 2.24) is 9.55 Å². The van der Waals surface area contributed by atoms with Crippen molar-refractivity contribution in [3.8, 4) is 10.6 Å². The maximum absolute atomic E-state index is 12.2. The number of thiophene rings is 1. The van der Waals surface area contributed by atoms with Gasteiger partial charge in [-0.05, 0) is 17.4 Å². The first-order chi connectivity index (χ1) is 9.00. The van der Waals surface area contributed by atoms with Crippen molar-refractivity contribution in [3.05, 3.63) is 39.8 Å². The molecule has 100 valence electrons. The van der Waals surface area contributed by atoms with E-state index in [4.69, 9.17) is 0 Å². The average Bonchev–Trinajstić information content (AvgIpc) is 2.83. The van der Waals surface area contributed by atoms with Crippen molar-refractivity contribution < 1.29 is 9.90 Å². The summed E-state index contributed by atoms with van der Waals surface area (Å²) in [5.74, 6) is -0.993. The zero-order valence-corrected chi connectivity index (χ0v) is 11.5. The van der Waals surface area contributed by atoms with E-state index in [2.05, 4.69) is 4.98 Å². The van der Waals surface area contributed by atoms with E-state index in [-0.39, 0.29) is 17.2 Å². The van der Waals surface area contributed by atoms with Gasteiger partial charge in [-0.2, -0.15) is 0 Å². The topological polar surface area (TPSA) is 72.2 Å².